The standard InChI is InChI=1S/C11H9N5S/c12-16-10-8-3-5-17-11(8)15-9(14-10)7-2-1-4-13-6-7/h1-6H,12H2,(H,14,15,16). The summed E-state index contributed by atoms with van der Waals surface area (Å²) in [5.74, 6) is 6.73. The average molecular weight is 243 g/mol. The number of hydrogen-bond donors (Lipinski definition) is 2. The molecule has 0 bridgehead atoms. The molecule has 3 aromatic heterocycles. The van der Waals surface area contributed by atoms with Crippen LogP contribution in [0.4, 0.5) is 5.82 Å². The minimum atomic E-state index is 0.626. The number of pyridine rings is 1. The van der Waals surface area contributed by atoms with Crippen molar-refractivity contribution in [2.45, 2.75) is 0 Å². The van der Waals surface area contributed by atoms with Crippen LogP contribution < -0.4 is 11.3 Å². The van der Waals surface area contributed by atoms with E-state index in [2.05, 4.69) is 20.4 Å². The third-order valence-corrected chi connectivity index (χ3v) is 3.19. The first-order chi connectivity index (χ1) is 8.38. The summed E-state index contributed by atoms with van der Waals surface area (Å²) in [5, 5.41) is 2.90. The molecule has 0 amide bonds. The molecule has 3 heterocycles. The number of hydrazine groups is 1. The van der Waals surface area contributed by atoms with Crippen molar-refractivity contribution < 1.29 is 0 Å². The first-order valence-electron chi connectivity index (χ1n) is 5.01. The molecule has 0 saturated heterocycles. The molecular formula is C11H9N5S. The zero-order valence-corrected chi connectivity index (χ0v) is 9.61. The topological polar surface area (TPSA) is 76.7 Å². The Morgan fingerprint density at radius 2 is 2.18 bits per heavy atom. The fourth-order valence-electron chi connectivity index (χ4n) is 1.59. The smallest absolute Gasteiger partial charge is 0.164 e. The van der Waals surface area contributed by atoms with Gasteiger partial charge in [0.25, 0.3) is 0 Å². The van der Waals surface area contributed by atoms with Crippen LogP contribution in [0.15, 0.2) is 36.0 Å². The third-order valence-electron chi connectivity index (χ3n) is 2.38. The van der Waals surface area contributed by atoms with Crippen LogP contribution >= 0.6 is 11.3 Å². The van der Waals surface area contributed by atoms with Crippen LogP contribution in [0.25, 0.3) is 21.6 Å². The van der Waals surface area contributed by atoms with Gasteiger partial charge in [0.1, 0.15) is 4.83 Å². The number of nitrogens with zero attached hydrogens (tertiary/aromatic N) is 3. The summed E-state index contributed by atoms with van der Waals surface area (Å²) in [4.78, 5) is 13.8. The van der Waals surface area contributed by atoms with Gasteiger partial charge >= 0.3 is 0 Å². The van der Waals surface area contributed by atoms with Crippen molar-refractivity contribution in [2.24, 2.45) is 5.84 Å². The van der Waals surface area contributed by atoms with Crippen molar-refractivity contribution in [3.8, 4) is 11.4 Å². The highest BCUT2D eigenvalue weighted by Gasteiger charge is 2.09. The van der Waals surface area contributed by atoms with Crippen LogP contribution in [0, 0.1) is 0 Å². The van der Waals surface area contributed by atoms with Gasteiger partial charge in [-0.25, -0.2) is 15.8 Å². The van der Waals surface area contributed by atoms with Gasteiger partial charge in [-0.15, -0.1) is 11.3 Å². The van der Waals surface area contributed by atoms with Gasteiger partial charge < -0.3 is 5.43 Å². The van der Waals surface area contributed by atoms with E-state index in [4.69, 9.17) is 5.84 Å². The van der Waals surface area contributed by atoms with Gasteiger partial charge in [0.15, 0.2) is 11.6 Å². The second kappa shape index (κ2) is 4.08. The zero-order valence-electron chi connectivity index (χ0n) is 8.79. The fourth-order valence-corrected chi connectivity index (χ4v) is 2.35. The largest absolute Gasteiger partial charge is 0.308 e. The van der Waals surface area contributed by atoms with E-state index in [1.807, 2.05) is 23.6 Å². The van der Waals surface area contributed by atoms with Gasteiger partial charge in [-0.3, -0.25) is 4.98 Å². The number of nitrogens with one attached hydrogen (secondary N) is 1. The van der Waals surface area contributed by atoms with Crippen molar-refractivity contribution in [1.82, 2.24) is 15.0 Å². The normalized spacial score (nSPS) is 10.6. The van der Waals surface area contributed by atoms with Crippen molar-refractivity contribution in [3.63, 3.8) is 0 Å². The predicted molar refractivity (Wildman–Crippen MR) is 68.5 cm³/mol. The summed E-state index contributed by atoms with van der Waals surface area (Å²) >= 11 is 1.56. The van der Waals surface area contributed by atoms with Crippen LogP contribution in [0.1, 0.15) is 0 Å². The molecule has 3 N–H and O–H groups in total. The number of thiophene rings is 1. The number of nitrogens with two attached hydrogens (primary N) is 1. The second-order valence-electron chi connectivity index (χ2n) is 3.42. The lowest BCUT2D eigenvalue weighted by atomic mass is 10.2. The molecule has 6 heteroatoms. The molecule has 5 nitrogen and oxygen atoms in total. The summed E-state index contributed by atoms with van der Waals surface area (Å²) < 4.78 is 0. The molecule has 0 aromatic carbocycles. The van der Waals surface area contributed by atoms with Crippen molar-refractivity contribution in [2.75, 3.05) is 5.43 Å². The van der Waals surface area contributed by atoms with Crippen molar-refractivity contribution in [1.29, 1.82) is 0 Å². The highest BCUT2D eigenvalue weighted by Crippen LogP contribution is 2.27. The number of fused-ring (bicyclic) bond motifs is 1. The quantitative estimate of drug-likeness (QED) is 0.532. The lowest BCUT2D eigenvalue weighted by Crippen LogP contribution is -2.09. The van der Waals surface area contributed by atoms with Crippen LogP contribution in [-0.4, -0.2) is 15.0 Å². The van der Waals surface area contributed by atoms with Crippen LogP contribution in [-0.2, 0) is 0 Å². The maximum Gasteiger partial charge on any atom is 0.164 e. The first kappa shape index (κ1) is 10.1. The summed E-state index contributed by atoms with van der Waals surface area (Å²) in [7, 11) is 0. The van der Waals surface area contributed by atoms with E-state index in [1.165, 1.54) is 0 Å². The molecule has 0 fully saturated rings. The summed E-state index contributed by atoms with van der Waals surface area (Å²) in [6.45, 7) is 0. The Morgan fingerprint density at radius 3 is 2.94 bits per heavy atom. The number of hydrogen-bond acceptors (Lipinski definition) is 6. The molecule has 0 saturated carbocycles. The maximum atomic E-state index is 5.47. The second-order valence-corrected chi connectivity index (χ2v) is 4.32. The molecule has 3 aromatic rings. The van der Waals surface area contributed by atoms with Gasteiger partial charge in [-0.1, -0.05) is 0 Å². The lowest BCUT2D eigenvalue weighted by Gasteiger charge is -2.04. The molecule has 3 rings (SSSR count). The minimum absolute atomic E-state index is 0.626. The predicted octanol–water partition coefficient (Wildman–Crippen LogP) is 2.04. The van der Waals surface area contributed by atoms with E-state index in [0.717, 1.165) is 15.8 Å². The van der Waals surface area contributed by atoms with Gasteiger partial charge in [0.05, 0.1) is 5.39 Å². The van der Waals surface area contributed by atoms with Gasteiger partial charge in [-0.05, 0) is 23.6 Å². The van der Waals surface area contributed by atoms with E-state index in [-0.39, 0.29) is 0 Å². The fraction of sp³-hybridized carbons (Fsp3) is 0. The van der Waals surface area contributed by atoms with Crippen molar-refractivity contribution in [3.05, 3.63) is 36.0 Å². The highest BCUT2D eigenvalue weighted by atomic mass is 32.1. The van der Waals surface area contributed by atoms with E-state index in [1.54, 1.807) is 23.7 Å². The van der Waals surface area contributed by atoms with Crippen molar-refractivity contribution >= 4 is 27.4 Å². The van der Waals surface area contributed by atoms with Crippen LogP contribution in [0.5, 0.6) is 0 Å². The van der Waals surface area contributed by atoms with Crippen LogP contribution in [0.3, 0.4) is 0 Å². The zero-order chi connectivity index (χ0) is 11.7. The minimum Gasteiger partial charge on any atom is -0.308 e. The van der Waals surface area contributed by atoms with E-state index >= 15 is 0 Å². The average Bonchev–Trinajstić information content (AvgIpc) is 2.86. The molecule has 0 unspecified atom stereocenters. The Bertz CT molecular complexity index is 649. The molecule has 0 aliphatic heterocycles. The maximum absolute atomic E-state index is 5.47. The van der Waals surface area contributed by atoms with E-state index in [9.17, 15) is 0 Å². The monoisotopic (exact) mass is 243 g/mol. The number of nitrogen functional groups attached to an aromatic ring is 1. The lowest BCUT2D eigenvalue weighted by molar-refractivity contribution is 1.18. The Balaban J connectivity index is 2.24. The molecule has 0 aliphatic rings. The molecular weight excluding hydrogens is 234 g/mol. The molecule has 0 radical (unpaired) electrons. The van der Waals surface area contributed by atoms with E-state index < -0.39 is 0 Å². The molecule has 84 valence electrons. The summed E-state index contributed by atoms with van der Waals surface area (Å²) in [6.07, 6.45) is 3.45. The number of anilines is 1. The van der Waals surface area contributed by atoms with Gasteiger partial charge in [0.2, 0.25) is 0 Å². The Hall–Kier alpha value is -2.05. The number of rotatable bonds is 2. The SMILES string of the molecule is NNc1nc(-c2cccnc2)nc2sccc12. The Kier molecular flexibility index (Phi) is 2.43. The highest BCUT2D eigenvalue weighted by molar-refractivity contribution is 7.16. The summed E-state index contributed by atoms with van der Waals surface area (Å²) in [6, 6.07) is 5.72. The van der Waals surface area contributed by atoms with E-state index in [0.29, 0.717) is 11.6 Å². The molecule has 17 heavy (non-hydrogen) atoms. The number of aromatic nitrogens is 3. The van der Waals surface area contributed by atoms with Gasteiger partial charge in [-0.2, -0.15) is 0 Å². The van der Waals surface area contributed by atoms with Crippen LogP contribution in [0.2, 0.25) is 0 Å². The summed E-state index contributed by atoms with van der Waals surface area (Å²) in [5.41, 5.74) is 3.48. The Morgan fingerprint density at radius 1 is 1.24 bits per heavy atom. The van der Waals surface area contributed by atoms with Gasteiger partial charge in [0, 0.05) is 18.0 Å². The first-order valence-corrected chi connectivity index (χ1v) is 5.89. The molecule has 0 spiro atoms. The third kappa shape index (κ3) is 1.73. The molecule has 0 aliphatic carbocycles. The Labute approximate surface area is 101 Å². The molecule has 0 atom stereocenters.